The van der Waals surface area contributed by atoms with Gasteiger partial charge in [-0.2, -0.15) is 14.6 Å². The van der Waals surface area contributed by atoms with E-state index in [1.807, 2.05) is 25.2 Å². The van der Waals surface area contributed by atoms with Crippen LogP contribution in [-0.4, -0.2) is 45.3 Å². The van der Waals surface area contributed by atoms with Crippen molar-refractivity contribution in [2.24, 2.45) is 12.8 Å². The average molecular weight is 579 g/mol. The topological polar surface area (TPSA) is 104 Å². The fourth-order valence-corrected chi connectivity index (χ4v) is 5.75. The number of aromatic nitrogens is 5. The van der Waals surface area contributed by atoms with Gasteiger partial charge in [0.15, 0.2) is 5.13 Å². The fraction of sp³-hybridized carbons (Fsp3) is 0.207. The van der Waals surface area contributed by atoms with Crippen LogP contribution in [0.2, 0.25) is 0 Å². The average Bonchev–Trinajstić information content (AvgIpc) is 3.66. The SMILES string of the molecule is COCCOc1cc(F)cc(F)c1-c1c(-c2cc(C(C)N)[nH]n2)nc(-c2ccc3c(cnn3C)c2)c2sc(F)cc12. The second kappa shape index (κ2) is 10.6. The number of aryl methyl sites for hydroxylation is 1. The van der Waals surface area contributed by atoms with Crippen molar-refractivity contribution in [3.63, 3.8) is 0 Å². The molecule has 0 aliphatic heterocycles. The summed E-state index contributed by atoms with van der Waals surface area (Å²) in [7, 11) is 3.34. The molecule has 1 unspecified atom stereocenters. The number of hydrogen-bond donors (Lipinski definition) is 2. The number of thiophene rings is 1. The number of nitrogens with one attached hydrogen (secondary N) is 1. The Kier molecular flexibility index (Phi) is 6.98. The number of H-pyrrole nitrogens is 1. The van der Waals surface area contributed by atoms with Gasteiger partial charge in [-0.25, -0.2) is 13.8 Å². The maximum atomic E-state index is 15.7. The lowest BCUT2D eigenvalue weighted by Gasteiger charge is -2.17. The summed E-state index contributed by atoms with van der Waals surface area (Å²) in [5.74, 6) is -1.77. The molecule has 0 saturated carbocycles. The highest BCUT2D eigenvalue weighted by atomic mass is 32.1. The molecule has 3 N–H and O–H groups in total. The van der Waals surface area contributed by atoms with Crippen LogP contribution < -0.4 is 10.5 Å². The first-order valence-electron chi connectivity index (χ1n) is 12.7. The number of benzene rings is 2. The van der Waals surface area contributed by atoms with Crippen LogP contribution in [-0.2, 0) is 11.8 Å². The lowest BCUT2D eigenvalue weighted by atomic mass is 9.95. The Morgan fingerprint density at radius 1 is 1.05 bits per heavy atom. The molecule has 6 aromatic rings. The Labute approximate surface area is 236 Å². The number of hydrogen-bond acceptors (Lipinski definition) is 7. The maximum Gasteiger partial charge on any atom is 0.177 e. The van der Waals surface area contributed by atoms with Gasteiger partial charge in [0.25, 0.3) is 0 Å². The molecule has 0 fully saturated rings. The predicted octanol–water partition coefficient (Wildman–Crippen LogP) is 6.37. The maximum absolute atomic E-state index is 15.7. The summed E-state index contributed by atoms with van der Waals surface area (Å²) in [6.45, 7) is 2.02. The smallest absolute Gasteiger partial charge is 0.177 e. The number of nitrogens with two attached hydrogens (primary N) is 1. The first-order chi connectivity index (χ1) is 19.7. The molecule has 0 bridgehead atoms. The van der Waals surface area contributed by atoms with E-state index in [9.17, 15) is 4.39 Å². The van der Waals surface area contributed by atoms with Crippen LogP contribution in [0.4, 0.5) is 13.2 Å². The van der Waals surface area contributed by atoms with E-state index in [0.717, 1.165) is 34.4 Å². The summed E-state index contributed by atoms with van der Waals surface area (Å²) in [5, 5.41) is 12.4. The second-order valence-electron chi connectivity index (χ2n) is 9.62. The predicted molar refractivity (Wildman–Crippen MR) is 152 cm³/mol. The third-order valence-corrected chi connectivity index (χ3v) is 7.74. The molecule has 0 aliphatic carbocycles. The van der Waals surface area contributed by atoms with Crippen molar-refractivity contribution >= 4 is 32.3 Å². The number of methoxy groups -OCH3 is 1. The van der Waals surface area contributed by atoms with Crippen molar-refractivity contribution in [3.8, 4) is 39.5 Å². The highest BCUT2D eigenvalue weighted by molar-refractivity contribution is 7.18. The molecule has 0 aliphatic rings. The summed E-state index contributed by atoms with van der Waals surface area (Å²) in [5.41, 5.74) is 9.58. The fourth-order valence-electron chi connectivity index (χ4n) is 4.85. The van der Waals surface area contributed by atoms with Crippen molar-refractivity contribution < 1.29 is 22.6 Å². The zero-order valence-electron chi connectivity index (χ0n) is 22.3. The normalized spacial score (nSPS) is 12.5. The van der Waals surface area contributed by atoms with Crippen molar-refractivity contribution in [2.75, 3.05) is 20.3 Å². The van der Waals surface area contributed by atoms with Crippen LogP contribution >= 0.6 is 11.3 Å². The third-order valence-electron chi connectivity index (χ3n) is 6.81. The van der Waals surface area contributed by atoms with Gasteiger partial charge < -0.3 is 15.2 Å². The Morgan fingerprint density at radius 3 is 2.63 bits per heavy atom. The van der Waals surface area contributed by atoms with Crippen molar-refractivity contribution in [3.05, 3.63) is 71.1 Å². The van der Waals surface area contributed by atoms with Crippen LogP contribution in [0.5, 0.6) is 5.75 Å². The lowest BCUT2D eigenvalue weighted by Crippen LogP contribution is -2.07. The van der Waals surface area contributed by atoms with Crippen molar-refractivity contribution in [1.29, 1.82) is 0 Å². The summed E-state index contributed by atoms with van der Waals surface area (Å²) in [6, 6.07) is 10.2. The van der Waals surface area contributed by atoms with E-state index in [-0.39, 0.29) is 41.8 Å². The first kappa shape index (κ1) is 26.9. The number of fused-ring (bicyclic) bond motifs is 2. The second-order valence-corrected chi connectivity index (χ2v) is 10.6. The summed E-state index contributed by atoms with van der Waals surface area (Å²) in [6.07, 6.45) is 1.74. The highest BCUT2D eigenvalue weighted by Gasteiger charge is 2.27. The van der Waals surface area contributed by atoms with Gasteiger partial charge in [0.2, 0.25) is 0 Å². The lowest BCUT2D eigenvalue weighted by molar-refractivity contribution is 0.146. The van der Waals surface area contributed by atoms with Crippen LogP contribution in [0.25, 0.3) is 54.8 Å². The molecule has 4 heterocycles. The monoisotopic (exact) mass is 578 g/mol. The molecule has 12 heteroatoms. The molecule has 41 heavy (non-hydrogen) atoms. The van der Waals surface area contributed by atoms with Gasteiger partial charge in [-0.05, 0) is 31.2 Å². The van der Waals surface area contributed by atoms with Gasteiger partial charge >= 0.3 is 0 Å². The van der Waals surface area contributed by atoms with Crippen molar-refractivity contribution in [2.45, 2.75) is 13.0 Å². The van der Waals surface area contributed by atoms with E-state index in [2.05, 4.69) is 15.3 Å². The van der Waals surface area contributed by atoms with E-state index in [1.54, 1.807) is 23.9 Å². The van der Waals surface area contributed by atoms with Gasteiger partial charge in [0, 0.05) is 54.2 Å². The van der Waals surface area contributed by atoms with Crippen LogP contribution in [0, 0.1) is 16.8 Å². The molecule has 1 atom stereocenters. The van der Waals surface area contributed by atoms with Gasteiger partial charge in [-0.1, -0.05) is 6.07 Å². The van der Waals surface area contributed by atoms with Gasteiger partial charge in [0.05, 0.1) is 45.7 Å². The summed E-state index contributed by atoms with van der Waals surface area (Å²) >= 11 is 0.888. The molecule has 4 aromatic heterocycles. The largest absolute Gasteiger partial charge is 0.490 e. The standard InChI is InChI=1S/C29H25F3N6O2S/c1-14(33)20-12-21(37-36-20)28-25(26-19(31)9-17(30)10-23(26)40-7-6-39-3)18-11-24(32)41-29(18)27(35-28)15-4-5-22-16(8-15)13-34-38(22)2/h4-5,8-14H,6-7,33H2,1-3H3,(H,36,37). The molecule has 6 rings (SSSR count). The van der Waals surface area contributed by atoms with E-state index in [4.69, 9.17) is 20.2 Å². The molecule has 0 radical (unpaired) electrons. The Bertz CT molecular complexity index is 1910. The molecule has 0 saturated heterocycles. The molecular formula is C29H25F3N6O2S. The third kappa shape index (κ3) is 4.83. The molecule has 2 aromatic carbocycles. The Morgan fingerprint density at radius 2 is 1.88 bits per heavy atom. The van der Waals surface area contributed by atoms with Gasteiger partial charge in [-0.15, -0.1) is 11.3 Å². The molecule has 8 nitrogen and oxygen atoms in total. The number of ether oxygens (including phenoxy) is 2. The minimum Gasteiger partial charge on any atom is -0.490 e. The number of halogens is 3. The van der Waals surface area contributed by atoms with Gasteiger partial charge in [-0.3, -0.25) is 9.78 Å². The molecule has 0 spiro atoms. The highest BCUT2D eigenvalue weighted by Crippen LogP contribution is 2.47. The minimum atomic E-state index is -0.888. The van der Waals surface area contributed by atoms with Crippen LogP contribution in [0.15, 0.2) is 48.7 Å². The minimum absolute atomic E-state index is 0.0384. The summed E-state index contributed by atoms with van der Waals surface area (Å²) < 4.78 is 58.3. The molecule has 210 valence electrons. The number of aromatic amines is 1. The van der Waals surface area contributed by atoms with Crippen LogP contribution in [0.1, 0.15) is 18.7 Å². The summed E-state index contributed by atoms with van der Waals surface area (Å²) in [4.78, 5) is 4.97. The number of nitrogens with zero attached hydrogens (tertiary/aromatic N) is 4. The first-order valence-corrected chi connectivity index (χ1v) is 13.5. The van der Waals surface area contributed by atoms with E-state index in [1.165, 1.54) is 13.2 Å². The number of pyridine rings is 1. The molecule has 0 amide bonds. The van der Waals surface area contributed by atoms with E-state index >= 15 is 8.78 Å². The van der Waals surface area contributed by atoms with Crippen LogP contribution in [0.3, 0.4) is 0 Å². The Balaban J connectivity index is 1.69. The van der Waals surface area contributed by atoms with Gasteiger partial charge in [0.1, 0.15) is 29.7 Å². The number of rotatable bonds is 8. The van der Waals surface area contributed by atoms with Crippen molar-refractivity contribution in [1.82, 2.24) is 25.0 Å². The van der Waals surface area contributed by atoms with E-state index < -0.39 is 16.8 Å². The Hall–Kier alpha value is -4.26. The quantitative estimate of drug-likeness (QED) is 0.204. The molecular weight excluding hydrogens is 553 g/mol. The zero-order chi connectivity index (χ0) is 28.8. The zero-order valence-corrected chi connectivity index (χ0v) is 23.2. The van der Waals surface area contributed by atoms with E-state index in [0.29, 0.717) is 32.7 Å².